The van der Waals surface area contributed by atoms with Crippen LogP contribution >= 0.6 is 11.6 Å². The summed E-state index contributed by atoms with van der Waals surface area (Å²) in [5, 5.41) is 16.1. The van der Waals surface area contributed by atoms with Gasteiger partial charge in [0.25, 0.3) is 5.91 Å². The number of carbonyl (C=O) groups is 2. The lowest BCUT2D eigenvalue weighted by molar-refractivity contribution is 0.0696. The zero-order chi connectivity index (χ0) is 17.1. The summed E-state index contributed by atoms with van der Waals surface area (Å²) in [6.45, 7) is 0.342. The first-order chi connectivity index (χ1) is 11.5. The molecule has 0 saturated carbocycles. The molecule has 0 atom stereocenters. The van der Waals surface area contributed by atoms with Crippen LogP contribution in [0.4, 0.5) is 5.69 Å². The van der Waals surface area contributed by atoms with Gasteiger partial charge in [-0.3, -0.25) is 9.48 Å². The number of rotatable bonds is 5. The normalized spacial score (nSPS) is 10.5. The summed E-state index contributed by atoms with van der Waals surface area (Å²) in [7, 11) is 0. The first-order valence-electron chi connectivity index (χ1n) is 6.92. The van der Waals surface area contributed by atoms with Gasteiger partial charge in [-0.2, -0.15) is 5.10 Å². The average Bonchev–Trinajstić information content (AvgIpc) is 3.17. The van der Waals surface area contributed by atoms with Crippen LogP contribution in [0.2, 0.25) is 5.02 Å². The lowest BCUT2D eigenvalue weighted by Crippen LogP contribution is -2.11. The molecule has 0 bridgehead atoms. The monoisotopic (exact) mass is 345 g/mol. The molecule has 0 unspecified atom stereocenters. The average molecular weight is 346 g/mol. The standard InChI is InChI=1S/C16H12ClN3O4/c17-11-7-18-20(8-11)9-13-4-5-14(24-13)15(21)19-12-3-1-2-10(6-12)16(22)23/h1-8H,9H2,(H,19,21)(H,22,23). The van der Waals surface area contributed by atoms with Gasteiger partial charge in [0, 0.05) is 11.9 Å². The van der Waals surface area contributed by atoms with Crippen molar-refractivity contribution in [1.29, 1.82) is 0 Å². The molecule has 2 heterocycles. The van der Waals surface area contributed by atoms with Crippen molar-refractivity contribution in [2.24, 2.45) is 0 Å². The van der Waals surface area contributed by atoms with Gasteiger partial charge in [0.1, 0.15) is 5.76 Å². The number of carbonyl (C=O) groups excluding carboxylic acids is 1. The summed E-state index contributed by atoms with van der Waals surface area (Å²) < 4.78 is 7.06. The van der Waals surface area contributed by atoms with Crippen LogP contribution in [0, 0.1) is 0 Å². The number of aromatic carboxylic acids is 1. The Morgan fingerprint density at radius 3 is 2.83 bits per heavy atom. The molecule has 24 heavy (non-hydrogen) atoms. The van der Waals surface area contributed by atoms with Gasteiger partial charge in [0.2, 0.25) is 0 Å². The molecule has 1 amide bonds. The van der Waals surface area contributed by atoms with E-state index in [1.807, 2.05) is 0 Å². The third kappa shape index (κ3) is 3.64. The number of carboxylic acid groups (broad SMARTS) is 1. The number of amides is 1. The molecule has 0 aliphatic heterocycles. The van der Waals surface area contributed by atoms with Crippen LogP contribution in [0.15, 0.2) is 53.2 Å². The van der Waals surface area contributed by atoms with Gasteiger partial charge in [-0.1, -0.05) is 17.7 Å². The molecule has 7 nitrogen and oxygen atoms in total. The van der Waals surface area contributed by atoms with Crippen molar-refractivity contribution < 1.29 is 19.1 Å². The number of hydrogen-bond acceptors (Lipinski definition) is 4. The molecular formula is C16H12ClN3O4. The highest BCUT2D eigenvalue weighted by atomic mass is 35.5. The number of hydrogen-bond donors (Lipinski definition) is 2. The predicted octanol–water partition coefficient (Wildman–Crippen LogP) is 3.13. The minimum absolute atomic E-state index is 0.0866. The fraction of sp³-hybridized carbons (Fsp3) is 0.0625. The molecule has 122 valence electrons. The molecule has 0 aliphatic rings. The van der Waals surface area contributed by atoms with Crippen LogP contribution < -0.4 is 5.32 Å². The molecule has 0 spiro atoms. The lowest BCUT2D eigenvalue weighted by Gasteiger charge is -2.04. The molecule has 0 saturated heterocycles. The maximum Gasteiger partial charge on any atom is 0.335 e. The minimum atomic E-state index is -1.07. The molecule has 3 rings (SSSR count). The molecule has 1 aromatic carbocycles. The summed E-state index contributed by atoms with van der Waals surface area (Å²) in [6, 6.07) is 9.16. The van der Waals surface area contributed by atoms with E-state index in [0.717, 1.165) is 0 Å². The largest absolute Gasteiger partial charge is 0.478 e. The topological polar surface area (TPSA) is 97.4 Å². The second-order valence-corrected chi connectivity index (χ2v) is 5.40. The summed E-state index contributed by atoms with van der Waals surface area (Å²) in [4.78, 5) is 23.1. The highest BCUT2D eigenvalue weighted by Gasteiger charge is 2.13. The smallest absolute Gasteiger partial charge is 0.335 e. The molecule has 0 radical (unpaired) electrons. The minimum Gasteiger partial charge on any atom is -0.478 e. The highest BCUT2D eigenvalue weighted by Crippen LogP contribution is 2.15. The number of anilines is 1. The van der Waals surface area contributed by atoms with E-state index in [1.54, 1.807) is 29.1 Å². The molecule has 0 fully saturated rings. The maximum atomic E-state index is 12.2. The predicted molar refractivity (Wildman–Crippen MR) is 86.4 cm³/mol. The maximum absolute atomic E-state index is 12.2. The van der Waals surface area contributed by atoms with Gasteiger partial charge in [-0.25, -0.2) is 4.79 Å². The van der Waals surface area contributed by atoms with Crippen molar-refractivity contribution in [2.75, 3.05) is 5.32 Å². The van der Waals surface area contributed by atoms with Crippen molar-refractivity contribution in [3.63, 3.8) is 0 Å². The summed E-state index contributed by atoms with van der Waals surface area (Å²) in [5.74, 6) is -0.880. The van der Waals surface area contributed by atoms with Crippen molar-refractivity contribution >= 4 is 29.2 Å². The first kappa shape index (κ1) is 15.8. The lowest BCUT2D eigenvalue weighted by atomic mass is 10.2. The summed E-state index contributed by atoms with van der Waals surface area (Å²) in [6.07, 6.45) is 3.15. The Morgan fingerprint density at radius 1 is 1.29 bits per heavy atom. The van der Waals surface area contributed by atoms with Crippen molar-refractivity contribution in [2.45, 2.75) is 6.54 Å². The SMILES string of the molecule is O=C(O)c1cccc(NC(=O)c2ccc(Cn3cc(Cl)cn3)o2)c1. The zero-order valence-electron chi connectivity index (χ0n) is 12.3. The van der Waals surface area contributed by atoms with Crippen LogP contribution in [0.3, 0.4) is 0 Å². The van der Waals surface area contributed by atoms with E-state index in [0.29, 0.717) is 23.0 Å². The Labute approximate surface area is 141 Å². The Kier molecular flexibility index (Phi) is 4.35. The van der Waals surface area contributed by atoms with E-state index in [4.69, 9.17) is 21.1 Å². The summed E-state index contributed by atoms with van der Waals surface area (Å²) in [5.41, 5.74) is 0.459. The molecule has 0 aliphatic carbocycles. The van der Waals surface area contributed by atoms with E-state index in [-0.39, 0.29) is 11.3 Å². The number of nitrogens with one attached hydrogen (secondary N) is 1. The number of halogens is 1. The van der Waals surface area contributed by atoms with E-state index in [9.17, 15) is 9.59 Å². The van der Waals surface area contributed by atoms with Crippen LogP contribution in [0.5, 0.6) is 0 Å². The van der Waals surface area contributed by atoms with Gasteiger partial charge < -0.3 is 14.8 Å². The number of aromatic nitrogens is 2. The summed E-state index contributed by atoms with van der Waals surface area (Å²) >= 11 is 5.79. The second-order valence-electron chi connectivity index (χ2n) is 4.96. The number of benzene rings is 1. The van der Waals surface area contributed by atoms with Gasteiger partial charge in [0.15, 0.2) is 5.76 Å². The van der Waals surface area contributed by atoms with Crippen molar-refractivity contribution in [3.8, 4) is 0 Å². The van der Waals surface area contributed by atoms with Crippen LogP contribution in [0.1, 0.15) is 26.7 Å². The van der Waals surface area contributed by atoms with E-state index in [1.165, 1.54) is 24.4 Å². The fourth-order valence-corrected chi connectivity index (χ4v) is 2.25. The third-order valence-corrected chi connectivity index (χ3v) is 3.37. The quantitative estimate of drug-likeness (QED) is 0.740. The van der Waals surface area contributed by atoms with E-state index < -0.39 is 11.9 Å². The zero-order valence-corrected chi connectivity index (χ0v) is 13.0. The third-order valence-electron chi connectivity index (χ3n) is 3.17. The Bertz CT molecular complexity index is 900. The number of furan rings is 1. The van der Waals surface area contributed by atoms with Crippen LogP contribution in [-0.4, -0.2) is 26.8 Å². The second kappa shape index (κ2) is 6.59. The first-order valence-corrected chi connectivity index (χ1v) is 7.30. The fourth-order valence-electron chi connectivity index (χ4n) is 2.09. The van der Waals surface area contributed by atoms with Crippen molar-refractivity contribution in [3.05, 3.63) is 70.9 Å². The van der Waals surface area contributed by atoms with Gasteiger partial charge in [0.05, 0.1) is 23.3 Å². The van der Waals surface area contributed by atoms with Gasteiger partial charge in [-0.05, 0) is 30.3 Å². The molecule has 8 heteroatoms. The highest BCUT2D eigenvalue weighted by molar-refractivity contribution is 6.30. The molecule has 3 aromatic rings. The Hall–Kier alpha value is -3.06. The van der Waals surface area contributed by atoms with Crippen LogP contribution in [0.25, 0.3) is 0 Å². The Balaban J connectivity index is 1.69. The van der Waals surface area contributed by atoms with E-state index in [2.05, 4.69) is 10.4 Å². The van der Waals surface area contributed by atoms with Crippen LogP contribution in [-0.2, 0) is 6.54 Å². The van der Waals surface area contributed by atoms with Crippen molar-refractivity contribution in [1.82, 2.24) is 9.78 Å². The van der Waals surface area contributed by atoms with Gasteiger partial charge >= 0.3 is 5.97 Å². The number of nitrogens with zero attached hydrogens (tertiary/aromatic N) is 2. The van der Waals surface area contributed by atoms with E-state index >= 15 is 0 Å². The Morgan fingerprint density at radius 2 is 2.12 bits per heavy atom. The molecule has 2 N–H and O–H groups in total. The molecular weight excluding hydrogens is 334 g/mol. The van der Waals surface area contributed by atoms with Gasteiger partial charge in [-0.15, -0.1) is 0 Å². The number of carboxylic acids is 1. The molecule has 2 aromatic heterocycles.